The molecular weight excluding hydrogens is 306 g/mol. The molecule has 0 aliphatic heterocycles. The molecule has 0 fully saturated rings. The highest BCUT2D eigenvalue weighted by Gasteiger charge is 2.19. The number of aromatic nitrogens is 1. The van der Waals surface area contributed by atoms with Crippen LogP contribution in [-0.4, -0.2) is 37.1 Å². The van der Waals surface area contributed by atoms with Gasteiger partial charge in [0.2, 0.25) is 0 Å². The predicted molar refractivity (Wildman–Crippen MR) is 101 cm³/mol. The van der Waals surface area contributed by atoms with Gasteiger partial charge in [-0.25, -0.2) is 0 Å². The Morgan fingerprint density at radius 1 is 1.13 bits per heavy atom. The largest absolute Gasteiger partial charge is 0.384 e. The standard InChI is InChI=1S/C19H28ClN3/c1-5-14(15(6-2)13-23(3)4)12-22-18-9-10-21-19-11-16(20)7-8-17(18)19/h7-11,14-15H,5-6,12-13H2,1-4H3,(H,21,22). The lowest BCUT2D eigenvalue weighted by molar-refractivity contribution is 0.241. The maximum atomic E-state index is 6.06. The van der Waals surface area contributed by atoms with Crippen molar-refractivity contribution in [1.29, 1.82) is 0 Å². The van der Waals surface area contributed by atoms with E-state index in [4.69, 9.17) is 11.6 Å². The normalized spacial score (nSPS) is 14.2. The number of anilines is 1. The molecule has 126 valence electrons. The van der Waals surface area contributed by atoms with Crippen molar-refractivity contribution >= 4 is 28.2 Å². The molecule has 2 rings (SSSR count). The maximum absolute atomic E-state index is 6.06. The van der Waals surface area contributed by atoms with Crippen LogP contribution >= 0.6 is 11.6 Å². The average molecular weight is 334 g/mol. The zero-order valence-corrected chi connectivity index (χ0v) is 15.4. The van der Waals surface area contributed by atoms with Gasteiger partial charge in [-0.1, -0.05) is 38.3 Å². The minimum Gasteiger partial charge on any atom is -0.384 e. The smallest absolute Gasteiger partial charge is 0.0737 e. The zero-order chi connectivity index (χ0) is 16.8. The summed E-state index contributed by atoms with van der Waals surface area (Å²) in [5.41, 5.74) is 2.08. The van der Waals surface area contributed by atoms with Crippen LogP contribution in [0.4, 0.5) is 5.69 Å². The number of hydrogen-bond acceptors (Lipinski definition) is 3. The van der Waals surface area contributed by atoms with E-state index < -0.39 is 0 Å². The van der Waals surface area contributed by atoms with E-state index in [-0.39, 0.29) is 0 Å². The molecule has 2 atom stereocenters. The fourth-order valence-electron chi connectivity index (χ4n) is 3.24. The predicted octanol–water partition coefficient (Wildman–Crippen LogP) is 4.91. The average Bonchev–Trinajstić information content (AvgIpc) is 2.53. The van der Waals surface area contributed by atoms with Gasteiger partial charge in [0.1, 0.15) is 0 Å². The molecule has 0 saturated heterocycles. The Hall–Kier alpha value is -1.32. The summed E-state index contributed by atoms with van der Waals surface area (Å²) < 4.78 is 0. The molecule has 1 N–H and O–H groups in total. The number of rotatable bonds is 8. The minimum atomic E-state index is 0.665. The molecule has 0 saturated carbocycles. The summed E-state index contributed by atoms with van der Waals surface area (Å²) in [4.78, 5) is 6.70. The first-order valence-electron chi connectivity index (χ1n) is 8.48. The van der Waals surface area contributed by atoms with Crippen molar-refractivity contribution in [3.63, 3.8) is 0 Å². The van der Waals surface area contributed by atoms with Gasteiger partial charge in [0.05, 0.1) is 5.52 Å². The Bertz CT molecular complexity index is 627. The summed E-state index contributed by atoms with van der Waals surface area (Å²) in [5, 5.41) is 5.50. The number of nitrogens with zero attached hydrogens (tertiary/aromatic N) is 2. The molecule has 0 amide bonds. The van der Waals surface area contributed by atoms with Gasteiger partial charge in [-0.05, 0) is 50.2 Å². The molecule has 1 aromatic heterocycles. The van der Waals surface area contributed by atoms with Crippen LogP contribution in [-0.2, 0) is 0 Å². The molecule has 2 aromatic rings. The lowest BCUT2D eigenvalue weighted by atomic mass is 9.87. The van der Waals surface area contributed by atoms with Gasteiger partial charge in [-0.3, -0.25) is 4.98 Å². The summed E-state index contributed by atoms with van der Waals surface area (Å²) in [6, 6.07) is 7.94. The van der Waals surface area contributed by atoms with Gasteiger partial charge in [-0.15, -0.1) is 0 Å². The summed E-state index contributed by atoms with van der Waals surface area (Å²) in [6.07, 6.45) is 4.25. The lowest BCUT2D eigenvalue weighted by Crippen LogP contribution is -2.30. The molecule has 0 aliphatic rings. The van der Waals surface area contributed by atoms with Crippen LogP contribution < -0.4 is 5.32 Å². The monoisotopic (exact) mass is 333 g/mol. The second-order valence-corrected chi connectivity index (χ2v) is 6.94. The van der Waals surface area contributed by atoms with Crippen LogP contribution in [0.5, 0.6) is 0 Å². The summed E-state index contributed by atoms with van der Waals surface area (Å²) >= 11 is 6.06. The second kappa shape index (κ2) is 8.51. The van der Waals surface area contributed by atoms with Crippen molar-refractivity contribution in [1.82, 2.24) is 9.88 Å². The molecule has 3 nitrogen and oxygen atoms in total. The van der Waals surface area contributed by atoms with Crippen molar-refractivity contribution in [3.05, 3.63) is 35.5 Å². The molecule has 2 unspecified atom stereocenters. The van der Waals surface area contributed by atoms with E-state index >= 15 is 0 Å². The van der Waals surface area contributed by atoms with Crippen LogP contribution in [0.1, 0.15) is 26.7 Å². The SMILES string of the molecule is CCC(CNc1ccnc2cc(Cl)ccc12)C(CC)CN(C)C. The first-order valence-corrected chi connectivity index (χ1v) is 8.85. The number of halogens is 1. The molecule has 4 heteroatoms. The topological polar surface area (TPSA) is 28.2 Å². The molecule has 0 aliphatic carbocycles. The van der Waals surface area contributed by atoms with E-state index in [1.54, 1.807) is 0 Å². The number of nitrogens with one attached hydrogen (secondary N) is 1. The highest BCUT2D eigenvalue weighted by Crippen LogP contribution is 2.26. The first kappa shape index (κ1) is 18.0. The fraction of sp³-hybridized carbons (Fsp3) is 0.526. The quantitative estimate of drug-likeness (QED) is 0.743. The van der Waals surface area contributed by atoms with Gasteiger partial charge < -0.3 is 10.2 Å². The Balaban J connectivity index is 2.12. The molecule has 1 heterocycles. The molecule has 1 aromatic carbocycles. The summed E-state index contributed by atoms with van der Waals surface area (Å²) in [6.45, 7) is 6.71. The van der Waals surface area contributed by atoms with E-state index in [1.807, 2.05) is 24.4 Å². The number of pyridine rings is 1. The van der Waals surface area contributed by atoms with Gasteiger partial charge >= 0.3 is 0 Å². The summed E-state index contributed by atoms with van der Waals surface area (Å²) in [5.74, 6) is 1.38. The highest BCUT2D eigenvalue weighted by atomic mass is 35.5. The second-order valence-electron chi connectivity index (χ2n) is 6.50. The van der Waals surface area contributed by atoms with Crippen molar-refractivity contribution in [2.45, 2.75) is 26.7 Å². The van der Waals surface area contributed by atoms with Crippen LogP contribution in [0.3, 0.4) is 0 Å². The van der Waals surface area contributed by atoms with E-state index in [2.05, 4.69) is 49.2 Å². The molecule has 0 bridgehead atoms. The van der Waals surface area contributed by atoms with Gasteiger partial charge in [0, 0.05) is 35.4 Å². The maximum Gasteiger partial charge on any atom is 0.0737 e. The summed E-state index contributed by atoms with van der Waals surface area (Å²) in [7, 11) is 4.31. The van der Waals surface area contributed by atoms with Crippen LogP contribution in [0, 0.1) is 11.8 Å². The van der Waals surface area contributed by atoms with Crippen LogP contribution in [0.15, 0.2) is 30.5 Å². The Kier molecular flexibility index (Phi) is 6.67. The van der Waals surface area contributed by atoms with Crippen molar-refractivity contribution in [2.24, 2.45) is 11.8 Å². The van der Waals surface area contributed by atoms with E-state index in [1.165, 1.54) is 12.8 Å². The Labute approximate surface area is 145 Å². The number of benzene rings is 1. The third-order valence-corrected chi connectivity index (χ3v) is 4.81. The van der Waals surface area contributed by atoms with E-state index in [9.17, 15) is 0 Å². The number of hydrogen-bond donors (Lipinski definition) is 1. The van der Waals surface area contributed by atoms with Crippen molar-refractivity contribution in [2.75, 3.05) is 32.5 Å². The fourth-order valence-corrected chi connectivity index (χ4v) is 3.41. The van der Waals surface area contributed by atoms with Crippen LogP contribution in [0.25, 0.3) is 10.9 Å². The van der Waals surface area contributed by atoms with Gasteiger partial charge in [0.15, 0.2) is 0 Å². The van der Waals surface area contributed by atoms with Crippen LogP contribution in [0.2, 0.25) is 5.02 Å². The lowest BCUT2D eigenvalue weighted by Gasteiger charge is -2.28. The van der Waals surface area contributed by atoms with E-state index in [0.29, 0.717) is 11.8 Å². The Morgan fingerprint density at radius 2 is 1.87 bits per heavy atom. The Morgan fingerprint density at radius 3 is 2.52 bits per heavy atom. The molecule has 23 heavy (non-hydrogen) atoms. The van der Waals surface area contributed by atoms with Gasteiger partial charge in [0.25, 0.3) is 0 Å². The van der Waals surface area contributed by atoms with E-state index in [0.717, 1.165) is 34.7 Å². The third kappa shape index (κ3) is 4.82. The first-order chi connectivity index (χ1) is 11.0. The van der Waals surface area contributed by atoms with Crippen molar-refractivity contribution in [3.8, 4) is 0 Å². The molecular formula is C19H28ClN3. The minimum absolute atomic E-state index is 0.665. The molecule has 0 radical (unpaired) electrons. The molecule has 0 spiro atoms. The number of fused-ring (bicyclic) bond motifs is 1. The zero-order valence-electron chi connectivity index (χ0n) is 14.6. The van der Waals surface area contributed by atoms with Gasteiger partial charge in [-0.2, -0.15) is 0 Å². The third-order valence-electron chi connectivity index (χ3n) is 4.57. The van der Waals surface area contributed by atoms with Crippen molar-refractivity contribution < 1.29 is 0 Å². The highest BCUT2D eigenvalue weighted by molar-refractivity contribution is 6.31.